The van der Waals surface area contributed by atoms with Gasteiger partial charge in [-0.3, -0.25) is 19.3 Å². The molecule has 0 aromatic heterocycles. The van der Waals surface area contributed by atoms with Crippen molar-refractivity contribution in [1.29, 1.82) is 0 Å². The van der Waals surface area contributed by atoms with Gasteiger partial charge in [0, 0.05) is 0 Å². The molecule has 6 nitrogen and oxygen atoms in total. The van der Waals surface area contributed by atoms with Crippen molar-refractivity contribution in [3.63, 3.8) is 0 Å². The van der Waals surface area contributed by atoms with Gasteiger partial charge in [0.15, 0.2) is 0 Å². The molecule has 0 atom stereocenters. The van der Waals surface area contributed by atoms with E-state index in [0.717, 1.165) is 22.2 Å². The lowest BCUT2D eigenvalue weighted by molar-refractivity contribution is -0.127. The summed E-state index contributed by atoms with van der Waals surface area (Å²) in [5.41, 5.74) is 5.76. The minimum absolute atomic E-state index is 0.265. The van der Waals surface area contributed by atoms with Gasteiger partial charge < -0.3 is 10.5 Å². The van der Waals surface area contributed by atoms with Crippen LogP contribution in [-0.2, 0) is 9.59 Å². The van der Waals surface area contributed by atoms with Gasteiger partial charge in [-0.25, -0.2) is 0 Å². The monoisotopic (exact) mass is 292 g/mol. The number of carbonyl (C=O) groups is 3. The summed E-state index contributed by atoms with van der Waals surface area (Å²) in [6.07, 6.45) is 1.59. The van der Waals surface area contributed by atoms with Crippen LogP contribution in [0.5, 0.6) is 5.75 Å². The summed E-state index contributed by atoms with van der Waals surface area (Å²) in [7, 11) is 1.56. The Bertz CT molecular complexity index is 595. The summed E-state index contributed by atoms with van der Waals surface area (Å²) >= 11 is 0.788. The third-order valence-corrected chi connectivity index (χ3v) is 3.51. The molecular weight excluding hydrogens is 280 g/mol. The molecule has 0 bridgehead atoms. The van der Waals surface area contributed by atoms with Gasteiger partial charge in [-0.1, -0.05) is 12.1 Å². The molecule has 7 heteroatoms. The van der Waals surface area contributed by atoms with Crippen LogP contribution >= 0.6 is 11.8 Å². The number of imide groups is 1. The second kappa shape index (κ2) is 5.79. The molecule has 1 fully saturated rings. The molecule has 0 saturated carbocycles. The average Bonchev–Trinajstić information content (AvgIpc) is 2.67. The summed E-state index contributed by atoms with van der Waals surface area (Å²) < 4.78 is 5.03. The molecule has 1 saturated heterocycles. The van der Waals surface area contributed by atoms with Crippen molar-refractivity contribution in [3.8, 4) is 5.75 Å². The minimum atomic E-state index is -0.724. The number of thioether (sulfide) groups is 1. The van der Waals surface area contributed by atoms with Gasteiger partial charge >= 0.3 is 0 Å². The van der Waals surface area contributed by atoms with Crippen molar-refractivity contribution in [2.24, 2.45) is 5.73 Å². The molecule has 0 spiro atoms. The summed E-state index contributed by atoms with van der Waals surface area (Å²) in [5.74, 6) is -0.531. The van der Waals surface area contributed by atoms with Crippen LogP contribution in [0.15, 0.2) is 29.2 Å². The zero-order chi connectivity index (χ0) is 14.7. The van der Waals surface area contributed by atoms with E-state index in [0.29, 0.717) is 5.75 Å². The highest BCUT2D eigenvalue weighted by Gasteiger charge is 2.35. The largest absolute Gasteiger partial charge is 0.497 e. The lowest BCUT2D eigenvalue weighted by Crippen LogP contribution is -2.36. The molecule has 1 heterocycles. The van der Waals surface area contributed by atoms with Gasteiger partial charge in [0.2, 0.25) is 5.91 Å². The standard InChI is InChI=1S/C13H12N2O4S/c1-19-9-4-2-8(3-5-9)6-10-12(17)15(7-11(14)16)13(18)20-10/h2-6H,7H2,1H3,(H2,14,16)/b10-6-. The van der Waals surface area contributed by atoms with E-state index in [2.05, 4.69) is 0 Å². The fourth-order valence-electron chi connectivity index (χ4n) is 1.64. The number of hydrogen-bond donors (Lipinski definition) is 1. The molecule has 1 aromatic carbocycles. The first-order valence-corrected chi connectivity index (χ1v) is 6.50. The van der Waals surface area contributed by atoms with Crippen LogP contribution in [0.25, 0.3) is 6.08 Å². The minimum Gasteiger partial charge on any atom is -0.497 e. The highest BCUT2D eigenvalue weighted by Crippen LogP contribution is 2.32. The molecule has 2 rings (SSSR count). The highest BCUT2D eigenvalue weighted by molar-refractivity contribution is 8.18. The first-order valence-electron chi connectivity index (χ1n) is 5.69. The van der Waals surface area contributed by atoms with Crippen LogP contribution in [0.2, 0.25) is 0 Å². The number of ether oxygens (including phenoxy) is 1. The number of rotatable bonds is 4. The molecule has 0 radical (unpaired) electrons. The van der Waals surface area contributed by atoms with E-state index in [1.807, 2.05) is 0 Å². The molecule has 2 N–H and O–H groups in total. The molecule has 1 aliphatic heterocycles. The van der Waals surface area contributed by atoms with E-state index < -0.39 is 23.6 Å². The van der Waals surface area contributed by atoms with Gasteiger partial charge in [0.1, 0.15) is 12.3 Å². The summed E-state index contributed by atoms with van der Waals surface area (Å²) in [4.78, 5) is 35.5. The average molecular weight is 292 g/mol. The Morgan fingerprint density at radius 2 is 2.00 bits per heavy atom. The molecule has 1 aromatic rings. The normalized spacial score (nSPS) is 16.9. The van der Waals surface area contributed by atoms with Crippen molar-refractivity contribution in [2.75, 3.05) is 13.7 Å². The Hall–Kier alpha value is -2.28. The maximum atomic E-state index is 12.0. The lowest BCUT2D eigenvalue weighted by atomic mass is 10.2. The first kappa shape index (κ1) is 14.1. The molecule has 20 heavy (non-hydrogen) atoms. The van der Waals surface area contributed by atoms with Crippen LogP contribution < -0.4 is 10.5 Å². The predicted molar refractivity (Wildman–Crippen MR) is 74.9 cm³/mol. The predicted octanol–water partition coefficient (Wildman–Crippen LogP) is 1.22. The zero-order valence-electron chi connectivity index (χ0n) is 10.7. The highest BCUT2D eigenvalue weighted by atomic mass is 32.2. The maximum absolute atomic E-state index is 12.0. The van der Waals surface area contributed by atoms with Gasteiger partial charge in [-0.05, 0) is 35.5 Å². The Kier molecular flexibility index (Phi) is 4.09. The fourth-order valence-corrected chi connectivity index (χ4v) is 2.48. The van der Waals surface area contributed by atoms with Crippen LogP contribution in [0.1, 0.15) is 5.56 Å². The number of carbonyl (C=O) groups excluding carboxylic acids is 3. The molecule has 0 unspecified atom stereocenters. The van der Waals surface area contributed by atoms with Crippen LogP contribution in [0, 0.1) is 0 Å². The molecule has 1 aliphatic rings. The van der Waals surface area contributed by atoms with E-state index in [9.17, 15) is 14.4 Å². The van der Waals surface area contributed by atoms with Gasteiger partial charge in [-0.15, -0.1) is 0 Å². The van der Waals surface area contributed by atoms with Crippen molar-refractivity contribution in [1.82, 2.24) is 4.90 Å². The second-order valence-corrected chi connectivity index (χ2v) is 5.00. The van der Waals surface area contributed by atoms with Crippen molar-refractivity contribution in [3.05, 3.63) is 34.7 Å². The lowest BCUT2D eigenvalue weighted by Gasteiger charge is -2.08. The number of nitrogens with two attached hydrogens (primary N) is 1. The van der Waals surface area contributed by atoms with Crippen molar-refractivity contribution < 1.29 is 19.1 Å². The van der Waals surface area contributed by atoms with Crippen molar-refractivity contribution >= 4 is 34.9 Å². The van der Waals surface area contributed by atoms with Crippen LogP contribution in [-0.4, -0.2) is 35.6 Å². The number of hydrogen-bond acceptors (Lipinski definition) is 5. The zero-order valence-corrected chi connectivity index (χ0v) is 11.5. The number of amides is 3. The van der Waals surface area contributed by atoms with Crippen molar-refractivity contribution in [2.45, 2.75) is 0 Å². The van der Waals surface area contributed by atoms with Gasteiger partial charge in [-0.2, -0.15) is 0 Å². The Morgan fingerprint density at radius 1 is 1.35 bits per heavy atom. The third-order valence-electron chi connectivity index (χ3n) is 2.60. The smallest absolute Gasteiger partial charge is 0.294 e. The number of primary amides is 1. The summed E-state index contributed by atoms with van der Waals surface area (Å²) in [5, 5.41) is -0.492. The van der Waals surface area contributed by atoms with E-state index in [1.165, 1.54) is 0 Å². The number of methoxy groups -OCH3 is 1. The van der Waals surface area contributed by atoms with E-state index in [1.54, 1.807) is 37.5 Å². The Morgan fingerprint density at radius 3 is 2.55 bits per heavy atom. The molecule has 0 aliphatic carbocycles. The van der Waals surface area contributed by atoms with E-state index in [4.69, 9.17) is 10.5 Å². The molecule has 3 amide bonds. The molecular formula is C13H12N2O4S. The summed E-state index contributed by atoms with van der Waals surface area (Å²) in [6.45, 7) is -0.398. The Labute approximate surface area is 119 Å². The third kappa shape index (κ3) is 3.00. The first-order chi connectivity index (χ1) is 9.51. The maximum Gasteiger partial charge on any atom is 0.294 e. The number of nitrogens with zero attached hydrogens (tertiary/aromatic N) is 1. The molecule has 104 valence electrons. The number of benzene rings is 1. The van der Waals surface area contributed by atoms with E-state index in [-0.39, 0.29) is 4.91 Å². The second-order valence-electron chi connectivity index (χ2n) is 4.01. The van der Waals surface area contributed by atoms with E-state index >= 15 is 0 Å². The fraction of sp³-hybridized carbons (Fsp3) is 0.154. The van der Waals surface area contributed by atoms with Gasteiger partial charge in [0.25, 0.3) is 11.1 Å². The Balaban J connectivity index is 2.20. The quantitative estimate of drug-likeness (QED) is 0.843. The topological polar surface area (TPSA) is 89.7 Å². The SMILES string of the molecule is COc1ccc(/C=C2\SC(=O)N(CC(N)=O)C2=O)cc1. The van der Waals surface area contributed by atoms with Gasteiger partial charge in [0.05, 0.1) is 12.0 Å². The summed E-state index contributed by atoms with van der Waals surface area (Å²) in [6, 6.07) is 7.03. The van der Waals surface area contributed by atoms with Crippen LogP contribution in [0.4, 0.5) is 4.79 Å². The van der Waals surface area contributed by atoms with Crippen LogP contribution in [0.3, 0.4) is 0 Å².